The minimum absolute atomic E-state index is 0.221. The Labute approximate surface area is 188 Å². The van der Waals surface area contributed by atoms with E-state index in [-0.39, 0.29) is 24.4 Å². The molecule has 1 atom stereocenters. The van der Waals surface area contributed by atoms with E-state index < -0.39 is 12.1 Å². The van der Waals surface area contributed by atoms with Gasteiger partial charge in [0.05, 0.1) is 0 Å². The minimum atomic E-state index is -0.649. The van der Waals surface area contributed by atoms with E-state index in [2.05, 4.69) is 20.9 Å². The predicted molar refractivity (Wildman–Crippen MR) is 119 cm³/mol. The maximum Gasteiger partial charge on any atom is 0.315 e. The molecule has 0 aliphatic heterocycles. The summed E-state index contributed by atoms with van der Waals surface area (Å²) in [6.07, 6.45) is 7.63. The van der Waals surface area contributed by atoms with Crippen LogP contribution in [0.3, 0.4) is 0 Å². The first kappa shape index (κ1) is 23.5. The second-order valence-electron chi connectivity index (χ2n) is 8.04. The average molecular weight is 443 g/mol. The highest BCUT2D eigenvalue weighted by Gasteiger charge is 2.20. The van der Waals surface area contributed by atoms with Gasteiger partial charge in [-0.2, -0.15) is 0 Å². The molecule has 1 unspecified atom stereocenters. The van der Waals surface area contributed by atoms with Crippen LogP contribution in [0.15, 0.2) is 42.6 Å². The molecule has 0 radical (unpaired) electrons. The number of aromatic nitrogens is 1. The third-order valence-corrected chi connectivity index (χ3v) is 5.42. The maximum atomic E-state index is 13.0. The third-order valence-electron chi connectivity index (χ3n) is 5.42. The number of ether oxygens (including phenoxy) is 1. The van der Waals surface area contributed by atoms with Crippen LogP contribution in [0.4, 0.5) is 9.18 Å². The summed E-state index contributed by atoms with van der Waals surface area (Å²) in [5, 5.41) is 8.31. The molecular weight excluding hydrogens is 411 g/mol. The molecule has 172 valence electrons. The third kappa shape index (κ3) is 7.51. The number of pyridine rings is 1. The summed E-state index contributed by atoms with van der Waals surface area (Å²) in [5.41, 5.74) is 1.66. The van der Waals surface area contributed by atoms with Crippen LogP contribution in [-0.4, -0.2) is 29.1 Å². The lowest BCUT2D eigenvalue weighted by molar-refractivity contribution is -0.123. The number of rotatable bonds is 10. The zero-order valence-corrected chi connectivity index (χ0v) is 18.4. The van der Waals surface area contributed by atoms with Crippen LogP contribution in [0.1, 0.15) is 56.6 Å². The molecule has 1 aromatic carbocycles. The van der Waals surface area contributed by atoms with Gasteiger partial charge in [-0.15, -0.1) is 0 Å². The van der Waals surface area contributed by atoms with Crippen molar-refractivity contribution >= 4 is 11.9 Å². The van der Waals surface area contributed by atoms with Gasteiger partial charge in [-0.05, 0) is 61.4 Å². The summed E-state index contributed by atoms with van der Waals surface area (Å²) in [5.74, 6) is -0.00444. The fourth-order valence-electron chi connectivity index (χ4n) is 3.67. The number of hydrogen-bond acceptors (Lipinski definition) is 4. The minimum Gasteiger partial charge on any atom is -0.474 e. The summed E-state index contributed by atoms with van der Waals surface area (Å²) in [6, 6.07) is 8.46. The number of carbonyl (C=O) groups is 2. The predicted octanol–water partition coefficient (Wildman–Crippen LogP) is 3.83. The van der Waals surface area contributed by atoms with E-state index in [0.29, 0.717) is 18.8 Å². The Morgan fingerprint density at radius 3 is 2.53 bits per heavy atom. The molecule has 1 fully saturated rings. The van der Waals surface area contributed by atoms with Crippen LogP contribution in [0.5, 0.6) is 5.88 Å². The number of benzene rings is 1. The molecule has 0 saturated heterocycles. The largest absolute Gasteiger partial charge is 0.474 e. The number of nitrogens with zero attached hydrogens (tertiary/aromatic N) is 1. The summed E-state index contributed by atoms with van der Waals surface area (Å²) >= 11 is 0. The lowest BCUT2D eigenvalue weighted by Gasteiger charge is -2.18. The Hall–Kier alpha value is -3.16. The van der Waals surface area contributed by atoms with Crippen molar-refractivity contribution in [2.75, 3.05) is 0 Å². The number of hydrogen-bond donors (Lipinski definition) is 3. The van der Waals surface area contributed by atoms with Crippen molar-refractivity contribution in [1.82, 2.24) is 20.9 Å². The van der Waals surface area contributed by atoms with Crippen molar-refractivity contribution in [1.29, 1.82) is 0 Å². The molecule has 3 amide bonds. The first-order chi connectivity index (χ1) is 15.5. The average Bonchev–Trinajstić information content (AvgIpc) is 3.30. The van der Waals surface area contributed by atoms with E-state index in [1.165, 1.54) is 25.0 Å². The summed E-state index contributed by atoms with van der Waals surface area (Å²) in [4.78, 5) is 29.2. The molecule has 0 bridgehead atoms. The van der Waals surface area contributed by atoms with Gasteiger partial charge in [0.2, 0.25) is 11.8 Å². The molecule has 2 aromatic rings. The van der Waals surface area contributed by atoms with E-state index in [1.54, 1.807) is 18.3 Å². The smallest absolute Gasteiger partial charge is 0.315 e. The van der Waals surface area contributed by atoms with Gasteiger partial charge in [0.25, 0.3) is 0 Å². The van der Waals surface area contributed by atoms with Gasteiger partial charge in [-0.25, -0.2) is 14.2 Å². The molecule has 1 saturated carbocycles. The highest BCUT2D eigenvalue weighted by atomic mass is 19.1. The van der Waals surface area contributed by atoms with Gasteiger partial charge < -0.3 is 20.7 Å². The fourth-order valence-corrected chi connectivity index (χ4v) is 3.67. The number of nitrogens with one attached hydrogen (secondary N) is 3. The van der Waals surface area contributed by atoms with Crippen LogP contribution in [0.2, 0.25) is 0 Å². The Balaban J connectivity index is 1.47. The molecule has 1 heterocycles. The zero-order valence-electron chi connectivity index (χ0n) is 18.4. The van der Waals surface area contributed by atoms with Crippen LogP contribution < -0.4 is 20.7 Å². The lowest BCUT2D eigenvalue weighted by atomic mass is 10.1. The highest BCUT2D eigenvalue weighted by molar-refractivity contribution is 5.86. The molecule has 32 heavy (non-hydrogen) atoms. The number of urea groups is 1. The van der Waals surface area contributed by atoms with Gasteiger partial charge in [0.1, 0.15) is 18.0 Å². The number of amides is 3. The molecule has 0 spiro atoms. The van der Waals surface area contributed by atoms with Crippen LogP contribution in [0.25, 0.3) is 0 Å². The van der Waals surface area contributed by atoms with Gasteiger partial charge in [0.15, 0.2) is 0 Å². The Kier molecular flexibility index (Phi) is 8.83. The molecule has 7 nitrogen and oxygen atoms in total. The lowest BCUT2D eigenvalue weighted by Crippen LogP contribution is -2.49. The van der Waals surface area contributed by atoms with Crippen molar-refractivity contribution in [3.63, 3.8) is 0 Å². The molecule has 3 rings (SSSR count). The van der Waals surface area contributed by atoms with Gasteiger partial charge in [-0.1, -0.05) is 25.5 Å². The van der Waals surface area contributed by atoms with Crippen LogP contribution >= 0.6 is 0 Å². The Morgan fingerprint density at radius 2 is 1.81 bits per heavy atom. The van der Waals surface area contributed by atoms with E-state index >= 15 is 0 Å². The fraction of sp³-hybridized carbons (Fsp3) is 0.458. The maximum absolute atomic E-state index is 13.0. The van der Waals surface area contributed by atoms with Crippen molar-refractivity contribution in [2.24, 2.45) is 0 Å². The van der Waals surface area contributed by atoms with Crippen molar-refractivity contribution < 1.29 is 18.7 Å². The second kappa shape index (κ2) is 12.0. The van der Waals surface area contributed by atoms with Crippen LogP contribution in [-0.2, 0) is 17.9 Å². The molecule has 8 heteroatoms. The van der Waals surface area contributed by atoms with E-state index in [0.717, 1.165) is 30.4 Å². The van der Waals surface area contributed by atoms with Gasteiger partial charge >= 0.3 is 6.03 Å². The zero-order chi connectivity index (χ0) is 22.8. The summed E-state index contributed by atoms with van der Waals surface area (Å²) < 4.78 is 18.9. The van der Waals surface area contributed by atoms with Crippen molar-refractivity contribution in [3.05, 3.63) is 59.5 Å². The highest BCUT2D eigenvalue weighted by Crippen LogP contribution is 2.23. The Bertz CT molecular complexity index is 885. The standard InChI is InChI=1S/C24H31FN4O3/c1-2-5-21(29-24(31)28-15-17-8-10-19(25)11-9-17)23(30)27-16-18-12-13-26-22(14-18)32-20-6-3-4-7-20/h8-14,20-21H,2-7,15-16H2,1H3,(H,27,30)(H2,28,29,31). The Morgan fingerprint density at radius 1 is 1.09 bits per heavy atom. The molecule has 1 aromatic heterocycles. The number of carbonyl (C=O) groups excluding carboxylic acids is 2. The van der Waals surface area contributed by atoms with Gasteiger partial charge in [0, 0.05) is 25.4 Å². The molecule has 1 aliphatic carbocycles. The van der Waals surface area contributed by atoms with Crippen molar-refractivity contribution in [2.45, 2.75) is 70.7 Å². The SMILES string of the molecule is CCCC(NC(=O)NCc1ccc(F)cc1)C(=O)NCc1ccnc(OC2CCCC2)c1. The first-order valence-electron chi connectivity index (χ1n) is 11.2. The topological polar surface area (TPSA) is 92.4 Å². The normalized spacial score (nSPS) is 14.6. The second-order valence-corrected chi connectivity index (χ2v) is 8.04. The molecule has 3 N–H and O–H groups in total. The molecular formula is C24H31FN4O3. The van der Waals surface area contributed by atoms with Crippen molar-refractivity contribution in [3.8, 4) is 5.88 Å². The summed E-state index contributed by atoms with van der Waals surface area (Å²) in [7, 11) is 0. The number of halogens is 1. The monoisotopic (exact) mass is 442 g/mol. The van der Waals surface area contributed by atoms with E-state index in [9.17, 15) is 14.0 Å². The van der Waals surface area contributed by atoms with Gasteiger partial charge in [-0.3, -0.25) is 4.79 Å². The van der Waals surface area contributed by atoms with Crippen LogP contribution in [0, 0.1) is 5.82 Å². The first-order valence-corrected chi connectivity index (χ1v) is 11.2. The quantitative estimate of drug-likeness (QED) is 0.522. The van der Waals surface area contributed by atoms with E-state index in [1.807, 2.05) is 19.1 Å². The molecule has 1 aliphatic rings. The summed E-state index contributed by atoms with van der Waals surface area (Å²) in [6.45, 7) is 2.52. The van der Waals surface area contributed by atoms with E-state index in [4.69, 9.17) is 4.74 Å².